The minimum atomic E-state index is -0.473. The number of likely N-dealkylation sites (tertiary alicyclic amines) is 2. The largest absolute Gasteiger partial charge is 0.392 e. The Balaban J connectivity index is 1.55. The average molecular weight is 381 g/mol. The van der Waals surface area contributed by atoms with Crippen LogP contribution in [-0.2, 0) is 9.53 Å². The first-order valence-electron chi connectivity index (χ1n) is 9.12. The zero-order chi connectivity index (χ0) is 18.5. The van der Waals surface area contributed by atoms with Gasteiger partial charge in [0.05, 0.1) is 24.3 Å². The van der Waals surface area contributed by atoms with Crippen LogP contribution in [0.4, 0.5) is 0 Å². The number of carbonyl (C=O) groups is 2. The maximum atomic E-state index is 12.5. The summed E-state index contributed by atoms with van der Waals surface area (Å²) in [5, 5.41) is 16.8. The van der Waals surface area contributed by atoms with Crippen LogP contribution in [0.3, 0.4) is 0 Å². The number of piperidine rings is 1. The molecule has 1 aromatic rings. The molecule has 3 heterocycles. The first kappa shape index (κ1) is 19.3. The summed E-state index contributed by atoms with van der Waals surface area (Å²) in [5.41, 5.74) is 0.750. The van der Waals surface area contributed by atoms with Gasteiger partial charge in [0.2, 0.25) is 5.91 Å². The Labute approximate surface area is 157 Å². The summed E-state index contributed by atoms with van der Waals surface area (Å²) in [5.74, 6) is 0.0374. The van der Waals surface area contributed by atoms with E-state index >= 15 is 0 Å². The molecule has 2 fully saturated rings. The second-order valence-corrected chi connectivity index (χ2v) is 7.70. The van der Waals surface area contributed by atoms with Crippen molar-refractivity contribution in [3.63, 3.8) is 0 Å². The van der Waals surface area contributed by atoms with Crippen molar-refractivity contribution in [1.29, 1.82) is 0 Å². The molecule has 0 aliphatic carbocycles. The third-order valence-corrected chi connectivity index (χ3v) is 5.90. The van der Waals surface area contributed by atoms with E-state index in [9.17, 15) is 14.7 Å². The predicted molar refractivity (Wildman–Crippen MR) is 99.2 cm³/mol. The van der Waals surface area contributed by atoms with Crippen molar-refractivity contribution in [3.8, 4) is 0 Å². The summed E-state index contributed by atoms with van der Waals surface area (Å²) >= 11 is 1.53. The van der Waals surface area contributed by atoms with Gasteiger partial charge in [0.15, 0.2) is 0 Å². The predicted octanol–water partition coefficient (Wildman–Crippen LogP) is 0.551. The van der Waals surface area contributed by atoms with Gasteiger partial charge >= 0.3 is 0 Å². The van der Waals surface area contributed by atoms with Gasteiger partial charge in [-0.05, 0) is 30.7 Å². The number of aliphatic hydroxyl groups is 1. The second kappa shape index (κ2) is 8.94. The maximum absolute atomic E-state index is 12.5. The number of nitrogens with one attached hydrogen (secondary N) is 1. The van der Waals surface area contributed by atoms with E-state index in [1.165, 1.54) is 11.3 Å². The first-order chi connectivity index (χ1) is 12.6. The molecule has 2 saturated heterocycles. The average Bonchev–Trinajstić information content (AvgIpc) is 3.31. The second-order valence-electron chi connectivity index (χ2n) is 6.92. The third-order valence-electron chi connectivity index (χ3n) is 5.21. The fourth-order valence-electron chi connectivity index (χ4n) is 3.86. The Morgan fingerprint density at radius 2 is 2.15 bits per heavy atom. The summed E-state index contributed by atoms with van der Waals surface area (Å²) in [6.45, 7) is 2.84. The van der Waals surface area contributed by atoms with E-state index in [4.69, 9.17) is 4.74 Å². The molecule has 0 saturated carbocycles. The van der Waals surface area contributed by atoms with Crippen LogP contribution >= 0.6 is 11.3 Å². The number of ether oxygens (including phenoxy) is 1. The van der Waals surface area contributed by atoms with Gasteiger partial charge in [0.25, 0.3) is 5.91 Å². The third kappa shape index (κ3) is 4.43. The van der Waals surface area contributed by atoms with E-state index in [2.05, 4.69) is 10.2 Å². The number of hydrogen-bond acceptors (Lipinski definition) is 6. The van der Waals surface area contributed by atoms with Gasteiger partial charge in [-0.3, -0.25) is 14.5 Å². The number of hydrogen-bond donors (Lipinski definition) is 2. The van der Waals surface area contributed by atoms with E-state index in [1.807, 2.05) is 21.7 Å². The van der Waals surface area contributed by atoms with Crippen LogP contribution in [0.1, 0.15) is 29.6 Å². The zero-order valence-electron chi connectivity index (χ0n) is 15.1. The quantitative estimate of drug-likeness (QED) is 0.704. The lowest BCUT2D eigenvalue weighted by molar-refractivity contribution is -0.126. The summed E-state index contributed by atoms with van der Waals surface area (Å²) in [7, 11) is 1.60. The molecule has 2 aliphatic heterocycles. The normalized spacial score (nSPS) is 24.8. The lowest BCUT2D eigenvalue weighted by atomic mass is 10.0. The minimum absolute atomic E-state index is 0.0459. The van der Waals surface area contributed by atoms with Crippen molar-refractivity contribution in [2.24, 2.45) is 0 Å². The van der Waals surface area contributed by atoms with E-state index in [0.717, 1.165) is 18.4 Å². The zero-order valence-corrected chi connectivity index (χ0v) is 15.9. The molecule has 0 spiro atoms. The molecule has 0 unspecified atom stereocenters. The number of thiophene rings is 1. The lowest BCUT2D eigenvalue weighted by Gasteiger charge is -2.38. The summed E-state index contributed by atoms with van der Waals surface area (Å²) in [6, 6.07) is 1.78. The standard InChI is InChI=1S/C18H27N3O4S/c1-25-8-5-19-17(23)16-10-15(22)11-21(16)14-2-6-20(7-3-14)18(24)13-4-9-26-12-13/h4,9,12,14-16,22H,2-3,5-8,10-11H2,1H3,(H,19,23)/t15-,16+/m1/s1. The molecule has 2 N–H and O–H groups in total. The van der Waals surface area contributed by atoms with Crippen molar-refractivity contribution in [1.82, 2.24) is 15.1 Å². The van der Waals surface area contributed by atoms with E-state index < -0.39 is 6.10 Å². The van der Waals surface area contributed by atoms with Gasteiger partial charge in [0.1, 0.15) is 0 Å². The van der Waals surface area contributed by atoms with Crippen LogP contribution in [0, 0.1) is 0 Å². The monoisotopic (exact) mass is 381 g/mol. The Morgan fingerprint density at radius 3 is 2.81 bits per heavy atom. The Bertz CT molecular complexity index is 602. The van der Waals surface area contributed by atoms with Crippen LogP contribution < -0.4 is 5.32 Å². The van der Waals surface area contributed by atoms with Crippen LogP contribution in [0.2, 0.25) is 0 Å². The lowest BCUT2D eigenvalue weighted by Crippen LogP contribution is -2.52. The van der Waals surface area contributed by atoms with E-state index in [1.54, 1.807) is 7.11 Å². The van der Waals surface area contributed by atoms with Gasteiger partial charge in [-0.15, -0.1) is 0 Å². The number of nitrogens with zero attached hydrogens (tertiary/aromatic N) is 2. The Kier molecular flexibility index (Phi) is 6.63. The molecular formula is C18H27N3O4S. The maximum Gasteiger partial charge on any atom is 0.254 e. The molecular weight excluding hydrogens is 354 g/mol. The molecule has 0 aromatic carbocycles. The molecule has 144 valence electrons. The smallest absolute Gasteiger partial charge is 0.254 e. The fraction of sp³-hybridized carbons (Fsp3) is 0.667. The van der Waals surface area contributed by atoms with Crippen molar-refractivity contribution >= 4 is 23.2 Å². The van der Waals surface area contributed by atoms with Gasteiger partial charge in [-0.25, -0.2) is 0 Å². The highest BCUT2D eigenvalue weighted by molar-refractivity contribution is 7.08. The van der Waals surface area contributed by atoms with Crippen molar-refractivity contribution in [2.75, 3.05) is 39.9 Å². The van der Waals surface area contributed by atoms with Gasteiger partial charge in [-0.1, -0.05) is 0 Å². The molecule has 0 radical (unpaired) electrons. The molecule has 3 rings (SSSR count). The number of amides is 2. The van der Waals surface area contributed by atoms with Gasteiger partial charge in [-0.2, -0.15) is 11.3 Å². The number of aliphatic hydroxyl groups excluding tert-OH is 1. The molecule has 8 heteroatoms. The molecule has 2 atom stereocenters. The Hall–Kier alpha value is -1.48. The number of methoxy groups -OCH3 is 1. The summed E-state index contributed by atoms with van der Waals surface area (Å²) < 4.78 is 4.97. The molecule has 1 aromatic heterocycles. The molecule has 7 nitrogen and oxygen atoms in total. The number of carbonyl (C=O) groups excluding carboxylic acids is 2. The van der Waals surface area contributed by atoms with Crippen LogP contribution in [-0.4, -0.2) is 84.8 Å². The minimum Gasteiger partial charge on any atom is -0.392 e. The van der Waals surface area contributed by atoms with Crippen LogP contribution in [0.25, 0.3) is 0 Å². The molecule has 2 aliphatic rings. The van der Waals surface area contributed by atoms with E-state index in [-0.39, 0.29) is 23.9 Å². The highest BCUT2D eigenvalue weighted by Crippen LogP contribution is 2.27. The Morgan fingerprint density at radius 1 is 1.38 bits per heavy atom. The topological polar surface area (TPSA) is 82.1 Å². The first-order valence-corrected chi connectivity index (χ1v) is 10.1. The number of β-amino-alcohol motifs (C(OH)–C–C–N with tert-alkyl or cyclic N) is 1. The van der Waals surface area contributed by atoms with Crippen molar-refractivity contribution < 1.29 is 19.4 Å². The summed E-state index contributed by atoms with van der Waals surface area (Å²) in [6.07, 6.45) is 1.64. The van der Waals surface area contributed by atoms with Gasteiger partial charge in [0, 0.05) is 44.7 Å². The fourth-order valence-corrected chi connectivity index (χ4v) is 4.49. The summed E-state index contributed by atoms with van der Waals surface area (Å²) in [4.78, 5) is 28.9. The van der Waals surface area contributed by atoms with Crippen molar-refractivity contribution in [3.05, 3.63) is 22.4 Å². The van der Waals surface area contributed by atoms with Crippen LogP contribution in [0.5, 0.6) is 0 Å². The van der Waals surface area contributed by atoms with Gasteiger partial charge < -0.3 is 20.1 Å². The highest BCUT2D eigenvalue weighted by atomic mass is 32.1. The number of rotatable bonds is 6. The van der Waals surface area contributed by atoms with E-state index in [0.29, 0.717) is 39.2 Å². The molecule has 2 amide bonds. The van der Waals surface area contributed by atoms with Crippen molar-refractivity contribution in [2.45, 2.75) is 37.5 Å². The highest BCUT2D eigenvalue weighted by Gasteiger charge is 2.40. The molecule has 26 heavy (non-hydrogen) atoms. The SMILES string of the molecule is COCCNC(=O)[C@@H]1C[C@@H](O)CN1C1CCN(C(=O)c2ccsc2)CC1. The molecule has 0 bridgehead atoms. The van der Waals surface area contributed by atoms with Crippen LogP contribution in [0.15, 0.2) is 16.8 Å².